The number of halogens is 1. The van der Waals surface area contributed by atoms with Gasteiger partial charge in [-0.2, -0.15) is 0 Å². The first kappa shape index (κ1) is 16.1. The van der Waals surface area contributed by atoms with Gasteiger partial charge in [-0.1, -0.05) is 30.3 Å². The molecule has 1 aromatic carbocycles. The van der Waals surface area contributed by atoms with Crippen LogP contribution in [0.1, 0.15) is 48.1 Å². The minimum absolute atomic E-state index is 0.401. The Labute approximate surface area is 155 Å². The fraction of sp³-hybridized carbons (Fsp3) is 0.350. The lowest BCUT2D eigenvalue weighted by Gasteiger charge is -2.34. The van der Waals surface area contributed by atoms with E-state index in [9.17, 15) is 0 Å². The third-order valence-electron chi connectivity index (χ3n) is 5.25. The Morgan fingerprint density at radius 3 is 2.50 bits per heavy atom. The molecule has 1 aliphatic rings. The van der Waals surface area contributed by atoms with Gasteiger partial charge in [-0.05, 0) is 70.5 Å². The van der Waals surface area contributed by atoms with Crippen LogP contribution in [0, 0.1) is 5.92 Å². The van der Waals surface area contributed by atoms with E-state index < -0.39 is 0 Å². The molecule has 4 rings (SSSR count). The molecule has 24 heavy (non-hydrogen) atoms. The summed E-state index contributed by atoms with van der Waals surface area (Å²) >= 11 is 5.60. The molecular weight excluding hydrogens is 380 g/mol. The summed E-state index contributed by atoms with van der Waals surface area (Å²) in [4.78, 5) is 5.72. The molecule has 0 aliphatic heterocycles. The van der Waals surface area contributed by atoms with Crippen LogP contribution in [-0.4, -0.2) is 9.55 Å². The van der Waals surface area contributed by atoms with Crippen molar-refractivity contribution in [1.29, 1.82) is 0 Å². The molecule has 0 spiro atoms. The molecule has 1 unspecified atom stereocenters. The van der Waals surface area contributed by atoms with Crippen LogP contribution in [0.4, 0.5) is 0 Å². The molecule has 124 valence electrons. The van der Waals surface area contributed by atoms with Crippen LogP contribution in [0.3, 0.4) is 0 Å². The van der Waals surface area contributed by atoms with Crippen LogP contribution in [0.25, 0.3) is 0 Å². The van der Waals surface area contributed by atoms with Crippen LogP contribution in [0.5, 0.6) is 0 Å². The summed E-state index contributed by atoms with van der Waals surface area (Å²) in [6, 6.07) is 13.6. The van der Waals surface area contributed by atoms with Gasteiger partial charge in [-0.15, -0.1) is 11.3 Å². The molecule has 4 heteroatoms. The van der Waals surface area contributed by atoms with Crippen molar-refractivity contribution in [2.24, 2.45) is 5.92 Å². The van der Waals surface area contributed by atoms with E-state index in [4.69, 9.17) is 0 Å². The lowest BCUT2D eigenvalue weighted by atomic mass is 9.75. The Bertz CT molecular complexity index is 758. The number of imidazole rings is 1. The molecule has 1 saturated carbocycles. The predicted octanol–water partition coefficient (Wildman–Crippen LogP) is 6.27. The van der Waals surface area contributed by atoms with Crippen molar-refractivity contribution < 1.29 is 0 Å². The summed E-state index contributed by atoms with van der Waals surface area (Å²) in [6.07, 6.45) is 11.1. The zero-order valence-corrected chi connectivity index (χ0v) is 15.9. The van der Waals surface area contributed by atoms with Crippen molar-refractivity contribution in [2.75, 3.05) is 0 Å². The van der Waals surface area contributed by atoms with Crippen molar-refractivity contribution in [3.05, 3.63) is 75.4 Å². The Hall–Kier alpha value is -1.39. The van der Waals surface area contributed by atoms with E-state index in [1.807, 2.05) is 23.9 Å². The topological polar surface area (TPSA) is 17.8 Å². The second kappa shape index (κ2) is 7.24. The number of aromatic nitrogens is 2. The third-order valence-corrected chi connectivity index (χ3v) is 7.19. The molecule has 0 bridgehead atoms. The van der Waals surface area contributed by atoms with Gasteiger partial charge in [0.15, 0.2) is 0 Å². The van der Waals surface area contributed by atoms with Crippen molar-refractivity contribution in [3.63, 3.8) is 0 Å². The number of hydrogen-bond acceptors (Lipinski definition) is 2. The van der Waals surface area contributed by atoms with Crippen LogP contribution < -0.4 is 0 Å². The Kier molecular flexibility index (Phi) is 4.86. The molecule has 0 N–H and O–H groups in total. The molecule has 1 fully saturated rings. The standard InChI is InChI=1S/C20H21BrN2S/c21-18-10-13-24-20(18)19(23-12-11-22-14-23)17-8-6-16(7-9-17)15-4-2-1-3-5-15/h1-5,10-14,16-17,19H,6-9H2. The van der Waals surface area contributed by atoms with Crippen LogP contribution >= 0.6 is 27.3 Å². The summed E-state index contributed by atoms with van der Waals surface area (Å²) in [6.45, 7) is 0. The highest BCUT2D eigenvalue weighted by atomic mass is 79.9. The van der Waals surface area contributed by atoms with Crippen LogP contribution in [-0.2, 0) is 0 Å². The number of hydrogen-bond donors (Lipinski definition) is 0. The average molecular weight is 401 g/mol. The first-order valence-electron chi connectivity index (χ1n) is 8.58. The Morgan fingerprint density at radius 1 is 1.08 bits per heavy atom. The number of rotatable bonds is 4. The number of benzene rings is 1. The maximum absolute atomic E-state index is 4.29. The number of nitrogens with zero attached hydrogens (tertiary/aromatic N) is 2. The summed E-state index contributed by atoms with van der Waals surface area (Å²) in [7, 11) is 0. The second-order valence-corrected chi connectivity index (χ2v) is 8.41. The Morgan fingerprint density at radius 2 is 1.88 bits per heavy atom. The van der Waals surface area contributed by atoms with Gasteiger partial charge in [-0.3, -0.25) is 0 Å². The minimum atomic E-state index is 0.401. The zero-order chi connectivity index (χ0) is 16.4. The predicted molar refractivity (Wildman–Crippen MR) is 104 cm³/mol. The normalized spacial score (nSPS) is 22.4. The fourth-order valence-corrected chi connectivity index (χ4v) is 5.84. The van der Waals surface area contributed by atoms with Crippen molar-refractivity contribution >= 4 is 27.3 Å². The highest BCUT2D eigenvalue weighted by Crippen LogP contribution is 2.45. The smallest absolute Gasteiger partial charge is 0.0952 e. The zero-order valence-electron chi connectivity index (χ0n) is 13.5. The van der Waals surface area contributed by atoms with Gasteiger partial charge in [-0.25, -0.2) is 4.98 Å². The molecule has 2 heterocycles. The third kappa shape index (κ3) is 3.22. The highest BCUT2D eigenvalue weighted by Gasteiger charge is 2.31. The molecule has 1 atom stereocenters. The summed E-state index contributed by atoms with van der Waals surface area (Å²) in [5.41, 5.74) is 1.51. The molecule has 3 aromatic rings. The largest absolute Gasteiger partial charge is 0.329 e. The minimum Gasteiger partial charge on any atom is -0.329 e. The first-order chi connectivity index (χ1) is 11.8. The molecule has 0 radical (unpaired) electrons. The maximum atomic E-state index is 4.29. The maximum Gasteiger partial charge on any atom is 0.0952 e. The van der Waals surface area contributed by atoms with Crippen LogP contribution in [0.15, 0.2) is 65.0 Å². The van der Waals surface area contributed by atoms with E-state index in [1.165, 1.54) is 40.6 Å². The number of thiophene rings is 1. The second-order valence-electron chi connectivity index (χ2n) is 6.61. The lowest BCUT2D eigenvalue weighted by Crippen LogP contribution is -2.24. The highest BCUT2D eigenvalue weighted by molar-refractivity contribution is 9.10. The lowest BCUT2D eigenvalue weighted by molar-refractivity contribution is 0.261. The van der Waals surface area contributed by atoms with Gasteiger partial charge >= 0.3 is 0 Å². The van der Waals surface area contributed by atoms with Gasteiger partial charge < -0.3 is 4.57 Å². The molecule has 2 aromatic heterocycles. The van der Waals surface area contributed by atoms with E-state index in [-0.39, 0.29) is 0 Å². The van der Waals surface area contributed by atoms with Gasteiger partial charge in [0, 0.05) is 21.7 Å². The molecule has 1 aliphatic carbocycles. The molecule has 2 nitrogen and oxygen atoms in total. The molecular formula is C20H21BrN2S. The average Bonchev–Trinajstić information content (AvgIpc) is 3.30. The van der Waals surface area contributed by atoms with E-state index in [2.05, 4.69) is 73.5 Å². The van der Waals surface area contributed by atoms with E-state index in [0.717, 1.165) is 5.92 Å². The van der Waals surface area contributed by atoms with Crippen molar-refractivity contribution in [1.82, 2.24) is 9.55 Å². The SMILES string of the molecule is Brc1ccsc1C(C1CCC(c2ccccc2)CC1)n1ccnc1. The first-order valence-corrected chi connectivity index (χ1v) is 10.3. The quantitative estimate of drug-likeness (QED) is 0.504. The summed E-state index contributed by atoms with van der Waals surface area (Å²) in [5, 5.41) is 2.18. The summed E-state index contributed by atoms with van der Waals surface area (Å²) < 4.78 is 3.53. The molecule has 0 saturated heterocycles. The van der Waals surface area contributed by atoms with Crippen molar-refractivity contribution in [2.45, 2.75) is 37.6 Å². The van der Waals surface area contributed by atoms with Crippen molar-refractivity contribution in [3.8, 4) is 0 Å². The van der Waals surface area contributed by atoms with E-state index >= 15 is 0 Å². The van der Waals surface area contributed by atoms with E-state index in [1.54, 1.807) is 0 Å². The summed E-state index contributed by atoms with van der Waals surface area (Å²) in [5.74, 6) is 1.40. The monoisotopic (exact) mass is 400 g/mol. The van der Waals surface area contributed by atoms with Crippen LogP contribution in [0.2, 0.25) is 0 Å². The van der Waals surface area contributed by atoms with Gasteiger partial charge in [0.05, 0.1) is 12.4 Å². The molecule has 0 amide bonds. The fourth-order valence-electron chi connectivity index (χ4n) is 4.04. The van der Waals surface area contributed by atoms with Gasteiger partial charge in [0.2, 0.25) is 0 Å². The van der Waals surface area contributed by atoms with E-state index in [0.29, 0.717) is 12.0 Å². The Balaban J connectivity index is 1.54. The van der Waals surface area contributed by atoms with Gasteiger partial charge in [0.1, 0.15) is 0 Å². The van der Waals surface area contributed by atoms with Gasteiger partial charge in [0.25, 0.3) is 0 Å².